The number of nitrogens with zero attached hydrogens (tertiary/aromatic N) is 1. The molecule has 0 aromatic heterocycles. The quantitative estimate of drug-likeness (QED) is 0.680. The zero-order chi connectivity index (χ0) is 10.9. The molecule has 15 heavy (non-hydrogen) atoms. The molecule has 3 atom stereocenters. The van der Waals surface area contributed by atoms with E-state index in [1.807, 2.05) is 0 Å². The summed E-state index contributed by atoms with van der Waals surface area (Å²) in [5, 5.41) is 14.2. The fourth-order valence-electron chi connectivity index (χ4n) is 2.99. The van der Waals surface area contributed by atoms with Gasteiger partial charge >= 0.3 is 0 Å². The van der Waals surface area contributed by atoms with Gasteiger partial charge in [-0.25, -0.2) is 0 Å². The lowest BCUT2D eigenvalue weighted by atomic mass is 9.78. The van der Waals surface area contributed by atoms with Gasteiger partial charge in [0.1, 0.15) is 0 Å². The number of hydrogen-bond acceptors (Lipinski definition) is 3. The van der Waals surface area contributed by atoms with Crippen molar-refractivity contribution in [3.63, 3.8) is 0 Å². The molecule has 0 saturated carbocycles. The molecule has 0 bridgehead atoms. The van der Waals surface area contributed by atoms with E-state index in [1.54, 1.807) is 0 Å². The van der Waals surface area contributed by atoms with Crippen LogP contribution in [-0.4, -0.2) is 47.8 Å². The van der Waals surface area contributed by atoms with Crippen LogP contribution in [0.1, 0.15) is 39.0 Å². The molecule has 3 unspecified atom stereocenters. The van der Waals surface area contributed by atoms with Crippen LogP contribution in [0.15, 0.2) is 0 Å². The van der Waals surface area contributed by atoms with E-state index in [4.69, 9.17) is 0 Å². The maximum atomic E-state index is 10.7. The smallest absolute Gasteiger partial charge is 0.0826 e. The number of likely N-dealkylation sites (tertiary alicyclic amines) is 1. The Bertz CT molecular complexity index is 216. The van der Waals surface area contributed by atoms with Gasteiger partial charge < -0.3 is 15.3 Å². The van der Waals surface area contributed by atoms with Gasteiger partial charge in [-0.3, -0.25) is 0 Å². The second-order valence-electron chi connectivity index (χ2n) is 5.39. The van der Waals surface area contributed by atoms with E-state index in [1.165, 1.54) is 12.8 Å². The van der Waals surface area contributed by atoms with Crippen molar-refractivity contribution >= 4 is 0 Å². The Kier molecular flexibility index (Phi) is 3.33. The van der Waals surface area contributed by atoms with E-state index < -0.39 is 5.60 Å². The van der Waals surface area contributed by atoms with Gasteiger partial charge in [-0.05, 0) is 46.2 Å². The summed E-state index contributed by atoms with van der Waals surface area (Å²) in [6, 6.07) is 0.842. The van der Waals surface area contributed by atoms with E-state index in [0.29, 0.717) is 12.1 Å². The van der Waals surface area contributed by atoms with Crippen LogP contribution in [-0.2, 0) is 0 Å². The lowest BCUT2D eigenvalue weighted by Gasteiger charge is -2.46. The van der Waals surface area contributed by atoms with E-state index in [0.717, 1.165) is 32.4 Å². The Morgan fingerprint density at radius 3 is 2.80 bits per heavy atom. The fourth-order valence-corrected chi connectivity index (χ4v) is 2.99. The minimum absolute atomic E-state index is 0.336. The van der Waals surface area contributed by atoms with Crippen LogP contribution in [0.4, 0.5) is 0 Å². The molecular formula is C12H24N2O. The van der Waals surface area contributed by atoms with E-state index >= 15 is 0 Å². The average Bonchev–Trinajstić information content (AvgIpc) is 2.26. The van der Waals surface area contributed by atoms with Crippen molar-refractivity contribution in [2.24, 2.45) is 0 Å². The summed E-state index contributed by atoms with van der Waals surface area (Å²) in [7, 11) is 2.15. The van der Waals surface area contributed by atoms with Crippen LogP contribution in [0.25, 0.3) is 0 Å². The molecule has 88 valence electrons. The topological polar surface area (TPSA) is 35.5 Å². The zero-order valence-corrected chi connectivity index (χ0v) is 10.00. The molecule has 0 spiro atoms. The molecule has 2 aliphatic rings. The number of nitrogens with one attached hydrogen (secondary N) is 1. The first-order chi connectivity index (χ1) is 7.12. The third kappa shape index (κ3) is 2.35. The van der Waals surface area contributed by atoms with Gasteiger partial charge in [0.15, 0.2) is 0 Å². The molecule has 2 aliphatic heterocycles. The van der Waals surface area contributed by atoms with Gasteiger partial charge in [0.05, 0.1) is 5.60 Å². The van der Waals surface area contributed by atoms with Gasteiger partial charge in [-0.2, -0.15) is 0 Å². The Balaban J connectivity index is 1.99. The molecule has 2 saturated heterocycles. The molecule has 3 nitrogen and oxygen atoms in total. The molecule has 3 heteroatoms. The van der Waals surface area contributed by atoms with Crippen molar-refractivity contribution in [3.8, 4) is 0 Å². The summed E-state index contributed by atoms with van der Waals surface area (Å²) < 4.78 is 0. The predicted octanol–water partition coefficient (Wildman–Crippen LogP) is 0.974. The van der Waals surface area contributed by atoms with Gasteiger partial charge in [0, 0.05) is 18.6 Å². The number of aliphatic hydroxyl groups is 1. The first-order valence-electron chi connectivity index (χ1n) is 6.28. The standard InChI is InChI=1S/C12H24N2O/c1-10-9-12(15,6-8-14(10)2)11-5-3-4-7-13-11/h10-11,13,15H,3-9H2,1-2H3. The van der Waals surface area contributed by atoms with Crippen molar-refractivity contribution in [2.45, 2.75) is 56.7 Å². The highest BCUT2D eigenvalue weighted by Gasteiger charge is 2.41. The van der Waals surface area contributed by atoms with Crippen LogP contribution in [0, 0.1) is 0 Å². The molecule has 2 rings (SSSR count). The number of rotatable bonds is 1. The van der Waals surface area contributed by atoms with Gasteiger partial charge in [-0.15, -0.1) is 0 Å². The largest absolute Gasteiger partial charge is 0.388 e. The maximum absolute atomic E-state index is 10.7. The van der Waals surface area contributed by atoms with E-state index in [2.05, 4.69) is 24.2 Å². The highest BCUT2D eigenvalue weighted by molar-refractivity contribution is 4.98. The molecule has 0 aromatic rings. The van der Waals surface area contributed by atoms with Crippen LogP contribution < -0.4 is 5.32 Å². The zero-order valence-electron chi connectivity index (χ0n) is 10.00. The molecule has 2 heterocycles. The van der Waals surface area contributed by atoms with Crippen LogP contribution in [0.3, 0.4) is 0 Å². The van der Waals surface area contributed by atoms with Crippen molar-refractivity contribution in [1.29, 1.82) is 0 Å². The Labute approximate surface area is 92.8 Å². The van der Waals surface area contributed by atoms with E-state index in [-0.39, 0.29) is 0 Å². The van der Waals surface area contributed by atoms with Crippen LogP contribution in [0.5, 0.6) is 0 Å². The minimum Gasteiger partial charge on any atom is -0.388 e. The molecule has 0 aliphatic carbocycles. The second kappa shape index (κ2) is 4.40. The molecule has 0 radical (unpaired) electrons. The highest BCUT2D eigenvalue weighted by Crippen LogP contribution is 2.32. The molecule has 2 fully saturated rings. The number of hydrogen-bond donors (Lipinski definition) is 2. The average molecular weight is 212 g/mol. The van der Waals surface area contributed by atoms with Crippen molar-refractivity contribution in [3.05, 3.63) is 0 Å². The molecule has 0 amide bonds. The lowest BCUT2D eigenvalue weighted by Crippen LogP contribution is -2.59. The summed E-state index contributed by atoms with van der Waals surface area (Å²) in [6.45, 7) is 4.32. The lowest BCUT2D eigenvalue weighted by molar-refractivity contribution is -0.0683. The van der Waals surface area contributed by atoms with Crippen molar-refractivity contribution in [1.82, 2.24) is 10.2 Å². The van der Waals surface area contributed by atoms with Crippen LogP contribution in [0.2, 0.25) is 0 Å². The third-order valence-corrected chi connectivity index (χ3v) is 4.26. The van der Waals surface area contributed by atoms with Crippen molar-refractivity contribution in [2.75, 3.05) is 20.1 Å². The van der Waals surface area contributed by atoms with Gasteiger partial charge in [-0.1, -0.05) is 6.42 Å². The van der Waals surface area contributed by atoms with Crippen LogP contribution >= 0.6 is 0 Å². The summed E-state index contributed by atoms with van der Waals surface area (Å²) >= 11 is 0. The first kappa shape index (κ1) is 11.4. The molecule has 2 N–H and O–H groups in total. The normalized spacial score (nSPS) is 44.2. The summed E-state index contributed by atoms with van der Waals surface area (Å²) in [6.07, 6.45) is 5.52. The first-order valence-corrected chi connectivity index (χ1v) is 6.28. The SMILES string of the molecule is CC1CC(O)(C2CCCCN2)CCN1C. The number of piperidine rings is 2. The summed E-state index contributed by atoms with van der Waals surface area (Å²) in [5.41, 5.74) is -0.452. The Morgan fingerprint density at radius 1 is 1.40 bits per heavy atom. The summed E-state index contributed by atoms with van der Waals surface area (Å²) in [4.78, 5) is 2.34. The maximum Gasteiger partial charge on any atom is 0.0826 e. The third-order valence-electron chi connectivity index (χ3n) is 4.26. The molecular weight excluding hydrogens is 188 g/mol. The Morgan fingerprint density at radius 2 is 2.20 bits per heavy atom. The second-order valence-corrected chi connectivity index (χ2v) is 5.39. The predicted molar refractivity (Wildman–Crippen MR) is 61.9 cm³/mol. The van der Waals surface area contributed by atoms with Gasteiger partial charge in [0.25, 0.3) is 0 Å². The fraction of sp³-hybridized carbons (Fsp3) is 1.00. The van der Waals surface area contributed by atoms with E-state index in [9.17, 15) is 5.11 Å². The summed E-state index contributed by atoms with van der Waals surface area (Å²) in [5.74, 6) is 0. The minimum atomic E-state index is -0.452. The van der Waals surface area contributed by atoms with Gasteiger partial charge in [0.2, 0.25) is 0 Å². The monoisotopic (exact) mass is 212 g/mol. The molecule has 0 aromatic carbocycles. The highest BCUT2D eigenvalue weighted by atomic mass is 16.3. The van der Waals surface area contributed by atoms with Crippen molar-refractivity contribution < 1.29 is 5.11 Å². The Hall–Kier alpha value is -0.120.